The van der Waals surface area contributed by atoms with E-state index in [1.165, 1.54) is 25.7 Å². The Morgan fingerprint density at radius 2 is 2.17 bits per heavy atom. The number of fused-ring (bicyclic) bond motifs is 1. The molecule has 1 spiro atoms. The van der Waals surface area contributed by atoms with Gasteiger partial charge in [-0.25, -0.2) is 9.97 Å². The number of rotatable bonds is 6. The molecule has 1 aliphatic heterocycles. The zero-order valence-corrected chi connectivity index (χ0v) is 17.2. The molecule has 156 valence electrons. The molecule has 2 saturated carbocycles. The van der Waals surface area contributed by atoms with Crippen molar-refractivity contribution in [3.8, 4) is 0 Å². The van der Waals surface area contributed by atoms with E-state index in [1.807, 2.05) is 12.3 Å². The number of hydrogen-bond acceptors (Lipinski definition) is 5. The fourth-order valence-electron chi connectivity index (χ4n) is 5.62. The zero-order valence-electron chi connectivity index (χ0n) is 17.2. The molecule has 2 aliphatic carbocycles. The Morgan fingerprint density at radius 3 is 2.93 bits per heavy atom. The summed E-state index contributed by atoms with van der Waals surface area (Å²) in [6, 6.07) is 2.04. The largest absolute Gasteiger partial charge is 0.379 e. The second-order valence-electron chi connectivity index (χ2n) is 9.13. The van der Waals surface area contributed by atoms with Crippen molar-refractivity contribution in [2.45, 2.75) is 51.0 Å². The molecule has 3 fully saturated rings. The third kappa shape index (κ3) is 3.50. The highest BCUT2D eigenvalue weighted by Crippen LogP contribution is 2.56. The average Bonchev–Trinajstić information content (AvgIpc) is 3.16. The summed E-state index contributed by atoms with van der Waals surface area (Å²) in [6.45, 7) is 2.40. The highest BCUT2D eigenvalue weighted by molar-refractivity contribution is 5.87. The number of ether oxygens (including phenoxy) is 1. The van der Waals surface area contributed by atoms with Crippen LogP contribution in [0.2, 0.25) is 0 Å². The van der Waals surface area contributed by atoms with Crippen LogP contribution >= 0.6 is 0 Å². The van der Waals surface area contributed by atoms with Crippen LogP contribution in [0.15, 0.2) is 18.6 Å². The van der Waals surface area contributed by atoms with Crippen LogP contribution in [-0.4, -0.2) is 53.7 Å². The summed E-state index contributed by atoms with van der Waals surface area (Å²) in [6.07, 6.45) is 11.8. The normalized spacial score (nSPS) is 24.9. The van der Waals surface area contributed by atoms with Crippen molar-refractivity contribution < 1.29 is 9.53 Å². The van der Waals surface area contributed by atoms with Crippen molar-refractivity contribution in [1.82, 2.24) is 20.3 Å². The number of anilines is 1. The number of hydrogen-bond donors (Lipinski definition) is 2. The number of H-pyrrole nitrogens is 1. The number of piperidine rings is 1. The maximum atomic E-state index is 13.1. The number of amides is 1. The van der Waals surface area contributed by atoms with E-state index in [0.29, 0.717) is 12.5 Å². The van der Waals surface area contributed by atoms with Crippen LogP contribution in [0.25, 0.3) is 11.0 Å². The SMILES string of the molecule is CO[C@H](CNC(=O)[C@H]1CCN(c2ncnc3[nH]ccc23)CC12CC2)C1CCCC1. The summed E-state index contributed by atoms with van der Waals surface area (Å²) in [7, 11) is 1.78. The quantitative estimate of drug-likeness (QED) is 0.783. The molecular formula is C22H31N5O2. The molecule has 5 rings (SSSR count). The van der Waals surface area contributed by atoms with Crippen molar-refractivity contribution in [1.29, 1.82) is 0 Å². The third-order valence-electron chi connectivity index (χ3n) is 7.48. The first-order valence-corrected chi connectivity index (χ1v) is 11.0. The van der Waals surface area contributed by atoms with Crippen LogP contribution < -0.4 is 10.2 Å². The van der Waals surface area contributed by atoms with E-state index in [9.17, 15) is 4.79 Å². The summed E-state index contributed by atoms with van der Waals surface area (Å²) >= 11 is 0. The van der Waals surface area contributed by atoms with Crippen LogP contribution in [0.5, 0.6) is 0 Å². The van der Waals surface area contributed by atoms with Gasteiger partial charge >= 0.3 is 0 Å². The van der Waals surface area contributed by atoms with Crippen LogP contribution in [0.3, 0.4) is 0 Å². The maximum absolute atomic E-state index is 13.1. The van der Waals surface area contributed by atoms with Gasteiger partial charge in [-0.2, -0.15) is 0 Å². The molecule has 3 aliphatic rings. The first-order chi connectivity index (χ1) is 14.2. The summed E-state index contributed by atoms with van der Waals surface area (Å²) in [5.41, 5.74) is 0.975. The van der Waals surface area contributed by atoms with Gasteiger partial charge in [-0.3, -0.25) is 4.79 Å². The van der Waals surface area contributed by atoms with E-state index in [1.54, 1.807) is 13.4 Å². The minimum atomic E-state index is 0.100. The lowest BCUT2D eigenvalue weighted by Gasteiger charge is -2.39. The molecule has 0 unspecified atom stereocenters. The number of carbonyl (C=O) groups is 1. The number of aromatic nitrogens is 3. The van der Waals surface area contributed by atoms with Crippen molar-refractivity contribution in [3.63, 3.8) is 0 Å². The number of carbonyl (C=O) groups excluding carboxylic acids is 1. The topological polar surface area (TPSA) is 83.1 Å². The molecule has 7 heteroatoms. The van der Waals surface area contributed by atoms with E-state index in [-0.39, 0.29) is 23.3 Å². The Bertz CT molecular complexity index is 871. The van der Waals surface area contributed by atoms with Crippen LogP contribution in [0.1, 0.15) is 44.9 Å². The molecule has 3 heterocycles. The minimum absolute atomic E-state index is 0.100. The van der Waals surface area contributed by atoms with Gasteiger partial charge in [-0.15, -0.1) is 0 Å². The van der Waals surface area contributed by atoms with Gasteiger partial charge in [0.2, 0.25) is 5.91 Å². The lowest BCUT2D eigenvalue weighted by molar-refractivity contribution is -0.128. The first kappa shape index (κ1) is 18.9. The summed E-state index contributed by atoms with van der Waals surface area (Å²) in [4.78, 5) is 27.5. The summed E-state index contributed by atoms with van der Waals surface area (Å²) < 4.78 is 5.71. The number of methoxy groups -OCH3 is 1. The first-order valence-electron chi connectivity index (χ1n) is 11.0. The molecule has 2 atom stereocenters. The standard InChI is InChI=1S/C22H31N5O2/c1-29-18(15-4-2-3-5-15)12-24-21(28)17-7-11-27(13-22(17)8-9-22)20-16-6-10-23-19(16)25-14-26-20/h6,10,14-15,17-18H,2-5,7-9,11-13H2,1H3,(H,24,28)(H,23,25,26)/t17-,18-/m1/s1. The minimum Gasteiger partial charge on any atom is -0.379 e. The zero-order chi connectivity index (χ0) is 19.8. The fraction of sp³-hybridized carbons (Fsp3) is 0.682. The molecule has 29 heavy (non-hydrogen) atoms. The Balaban J connectivity index is 1.24. The van der Waals surface area contributed by atoms with Gasteiger partial charge in [0.1, 0.15) is 17.8 Å². The van der Waals surface area contributed by atoms with Gasteiger partial charge in [-0.1, -0.05) is 12.8 Å². The molecule has 0 bridgehead atoms. The molecule has 2 aromatic rings. The van der Waals surface area contributed by atoms with Gasteiger partial charge in [0.05, 0.1) is 11.5 Å². The number of nitrogens with zero attached hydrogens (tertiary/aromatic N) is 3. The van der Waals surface area contributed by atoms with Crippen LogP contribution in [0, 0.1) is 17.3 Å². The molecule has 7 nitrogen and oxygen atoms in total. The Hall–Kier alpha value is -2.15. The lowest BCUT2D eigenvalue weighted by Crippen LogP contribution is -2.49. The molecule has 1 amide bonds. The smallest absolute Gasteiger partial charge is 0.223 e. The van der Waals surface area contributed by atoms with E-state index in [4.69, 9.17) is 4.74 Å². The van der Waals surface area contributed by atoms with E-state index >= 15 is 0 Å². The molecule has 2 N–H and O–H groups in total. The highest BCUT2D eigenvalue weighted by Gasteiger charge is 2.55. The number of aromatic amines is 1. The Labute approximate surface area is 171 Å². The molecule has 0 aromatic carbocycles. The highest BCUT2D eigenvalue weighted by atomic mass is 16.5. The number of nitrogens with one attached hydrogen (secondary N) is 2. The maximum Gasteiger partial charge on any atom is 0.223 e. The monoisotopic (exact) mass is 397 g/mol. The predicted molar refractivity (Wildman–Crippen MR) is 112 cm³/mol. The summed E-state index contributed by atoms with van der Waals surface area (Å²) in [5, 5.41) is 4.30. The molecular weight excluding hydrogens is 366 g/mol. The molecule has 1 saturated heterocycles. The second kappa shape index (κ2) is 7.59. The average molecular weight is 398 g/mol. The fourth-order valence-corrected chi connectivity index (χ4v) is 5.62. The van der Waals surface area contributed by atoms with Crippen LogP contribution in [0.4, 0.5) is 5.82 Å². The van der Waals surface area contributed by atoms with E-state index < -0.39 is 0 Å². The van der Waals surface area contributed by atoms with Gasteiger partial charge in [0.25, 0.3) is 0 Å². The van der Waals surface area contributed by atoms with Crippen molar-refractivity contribution >= 4 is 22.8 Å². The molecule has 0 radical (unpaired) electrons. The van der Waals surface area contributed by atoms with Gasteiger partial charge in [0.15, 0.2) is 0 Å². The van der Waals surface area contributed by atoms with Crippen molar-refractivity contribution in [3.05, 3.63) is 18.6 Å². The molecule has 2 aromatic heterocycles. The van der Waals surface area contributed by atoms with Crippen LogP contribution in [-0.2, 0) is 9.53 Å². The van der Waals surface area contributed by atoms with E-state index in [0.717, 1.165) is 49.2 Å². The van der Waals surface area contributed by atoms with Crippen molar-refractivity contribution in [2.24, 2.45) is 17.3 Å². The Kier molecular flexibility index (Phi) is 4.94. The van der Waals surface area contributed by atoms with Gasteiger partial charge in [0, 0.05) is 38.9 Å². The Morgan fingerprint density at radius 1 is 1.34 bits per heavy atom. The predicted octanol–water partition coefficient (Wildman–Crippen LogP) is 2.89. The second-order valence-corrected chi connectivity index (χ2v) is 9.13. The van der Waals surface area contributed by atoms with Crippen molar-refractivity contribution in [2.75, 3.05) is 31.6 Å². The summed E-state index contributed by atoms with van der Waals surface area (Å²) in [5.74, 6) is 1.90. The third-order valence-corrected chi connectivity index (χ3v) is 7.48. The lowest BCUT2D eigenvalue weighted by atomic mass is 9.81. The van der Waals surface area contributed by atoms with E-state index in [2.05, 4.69) is 25.2 Å². The van der Waals surface area contributed by atoms with Gasteiger partial charge in [-0.05, 0) is 49.5 Å². The van der Waals surface area contributed by atoms with Gasteiger partial charge < -0.3 is 19.9 Å².